The Balaban J connectivity index is 2.06. The molecule has 24 heavy (non-hydrogen) atoms. The van der Waals surface area contributed by atoms with E-state index >= 15 is 0 Å². The summed E-state index contributed by atoms with van der Waals surface area (Å²) in [5.74, 6) is 0. The molecule has 1 atom stereocenters. The summed E-state index contributed by atoms with van der Waals surface area (Å²) < 4.78 is 56.2. The maximum absolute atomic E-state index is 12.8. The highest BCUT2D eigenvalue weighted by atomic mass is 32.2. The van der Waals surface area contributed by atoms with Crippen molar-refractivity contribution in [2.24, 2.45) is 4.40 Å². The van der Waals surface area contributed by atoms with Gasteiger partial charge in [-0.2, -0.15) is 17.6 Å². The van der Waals surface area contributed by atoms with Gasteiger partial charge in [0.05, 0.1) is 26.7 Å². The average molecular weight is 373 g/mol. The van der Waals surface area contributed by atoms with Crippen LogP contribution in [0.2, 0.25) is 0 Å². The van der Waals surface area contributed by atoms with Gasteiger partial charge >= 0.3 is 6.18 Å². The lowest BCUT2D eigenvalue weighted by atomic mass is 10.2. The van der Waals surface area contributed by atoms with Crippen molar-refractivity contribution >= 4 is 43.6 Å². The number of hydrogen-bond donors (Lipinski definition) is 0. The van der Waals surface area contributed by atoms with Crippen LogP contribution in [0.15, 0.2) is 28.9 Å². The Bertz CT molecular complexity index is 964. The van der Waals surface area contributed by atoms with Crippen LogP contribution in [0, 0.1) is 0 Å². The first-order valence-corrected chi connectivity index (χ1v) is 8.92. The number of imidazole rings is 1. The first-order chi connectivity index (χ1) is 11.1. The van der Waals surface area contributed by atoms with E-state index in [9.17, 15) is 17.4 Å². The van der Waals surface area contributed by atoms with E-state index in [1.54, 1.807) is 25.2 Å². The summed E-state index contributed by atoms with van der Waals surface area (Å²) in [5, 5.41) is 0. The third kappa shape index (κ3) is 3.10. The Labute approximate surface area is 142 Å². The summed E-state index contributed by atoms with van der Waals surface area (Å²) in [7, 11) is -1.42. The molecule has 3 rings (SSSR count). The Morgan fingerprint density at radius 2 is 2.00 bits per heavy atom. The van der Waals surface area contributed by atoms with Crippen LogP contribution in [-0.2, 0) is 17.2 Å². The number of benzene rings is 1. The summed E-state index contributed by atoms with van der Waals surface area (Å²) in [5.41, 5.74) is 0.450. The van der Waals surface area contributed by atoms with Gasteiger partial charge in [-0.25, -0.2) is 9.19 Å². The van der Waals surface area contributed by atoms with Crippen molar-refractivity contribution in [3.05, 3.63) is 35.8 Å². The van der Waals surface area contributed by atoms with Crippen LogP contribution in [0.4, 0.5) is 13.2 Å². The number of alkyl halides is 3. The molecule has 0 spiro atoms. The number of fused-ring (bicyclic) bond motifs is 3. The molecule has 0 aliphatic carbocycles. The Morgan fingerprint density at radius 1 is 1.29 bits per heavy atom. The number of nitrogens with zero attached hydrogens (tertiary/aromatic N) is 3. The van der Waals surface area contributed by atoms with E-state index in [-0.39, 0.29) is 0 Å². The smallest absolute Gasteiger partial charge is 0.289 e. The fraction of sp³-hybridized carbons (Fsp3) is 0.333. The van der Waals surface area contributed by atoms with Crippen molar-refractivity contribution in [3.63, 3.8) is 0 Å². The highest BCUT2D eigenvalue weighted by molar-refractivity contribution is 7.85. The summed E-state index contributed by atoms with van der Waals surface area (Å²) >= 11 is 1.19. The lowest BCUT2D eigenvalue weighted by Crippen LogP contribution is -2.19. The van der Waals surface area contributed by atoms with E-state index in [0.29, 0.717) is 20.7 Å². The van der Waals surface area contributed by atoms with Crippen LogP contribution >= 0.6 is 11.3 Å². The van der Waals surface area contributed by atoms with Crippen molar-refractivity contribution in [1.82, 2.24) is 9.38 Å². The maximum Gasteiger partial charge on any atom is 0.416 e. The van der Waals surface area contributed by atoms with Crippen molar-refractivity contribution < 1.29 is 17.4 Å². The number of thiazole rings is 1. The molecular formula is C15H14F3N3OS2. The number of halogens is 3. The largest absolute Gasteiger partial charge is 0.416 e. The van der Waals surface area contributed by atoms with Crippen LogP contribution in [0.1, 0.15) is 32.0 Å². The number of rotatable bonds is 2. The predicted molar refractivity (Wildman–Crippen MR) is 91.1 cm³/mol. The van der Waals surface area contributed by atoms with Gasteiger partial charge in [0, 0.05) is 0 Å². The standard InChI is InChI=1S/C15H14F3N3OS2/c1-14(2,3)24(22)20-7-10-13-21(8-19-10)11-5-4-9(15(16,17)18)6-12(11)23-13/h4-8H,1-3H3/b20-7+/t24-/m0/s1. The second kappa shape index (κ2) is 5.66. The summed E-state index contributed by atoms with van der Waals surface area (Å²) in [6, 6.07) is 3.61. The normalized spacial score (nSPS) is 14.9. The van der Waals surface area contributed by atoms with Crippen LogP contribution in [-0.4, -0.2) is 24.6 Å². The predicted octanol–water partition coefficient (Wildman–Crippen LogP) is 4.45. The van der Waals surface area contributed by atoms with Crippen molar-refractivity contribution in [3.8, 4) is 0 Å². The van der Waals surface area contributed by atoms with Crippen molar-refractivity contribution in [2.75, 3.05) is 0 Å². The highest BCUT2D eigenvalue weighted by Gasteiger charge is 2.31. The highest BCUT2D eigenvalue weighted by Crippen LogP contribution is 2.35. The first kappa shape index (κ1) is 17.1. The molecule has 1 aromatic carbocycles. The van der Waals surface area contributed by atoms with Gasteiger partial charge in [0.1, 0.15) is 27.8 Å². The van der Waals surface area contributed by atoms with E-state index in [1.165, 1.54) is 29.9 Å². The summed E-state index contributed by atoms with van der Waals surface area (Å²) in [4.78, 5) is 4.86. The fourth-order valence-electron chi connectivity index (χ4n) is 2.04. The van der Waals surface area contributed by atoms with E-state index in [2.05, 4.69) is 9.38 Å². The second-order valence-corrected chi connectivity index (χ2v) is 9.15. The van der Waals surface area contributed by atoms with E-state index < -0.39 is 27.5 Å². The van der Waals surface area contributed by atoms with Gasteiger partial charge in [0.2, 0.25) is 0 Å². The molecule has 9 heteroatoms. The molecule has 4 nitrogen and oxygen atoms in total. The van der Waals surface area contributed by atoms with Gasteiger partial charge in [-0.05, 0) is 39.0 Å². The van der Waals surface area contributed by atoms with Gasteiger partial charge in [0.25, 0.3) is 0 Å². The average Bonchev–Trinajstić information content (AvgIpc) is 3.01. The molecule has 0 radical (unpaired) electrons. The zero-order valence-electron chi connectivity index (χ0n) is 13.1. The number of aromatic nitrogens is 2. The second-order valence-electron chi connectivity index (χ2n) is 6.18. The zero-order valence-corrected chi connectivity index (χ0v) is 14.7. The quantitative estimate of drug-likeness (QED) is 0.623. The molecule has 0 bridgehead atoms. The molecule has 0 N–H and O–H groups in total. The molecule has 2 aromatic heterocycles. The molecule has 128 valence electrons. The minimum absolute atomic E-state index is 0.488. The van der Waals surface area contributed by atoms with Crippen molar-refractivity contribution in [2.45, 2.75) is 31.7 Å². The third-order valence-electron chi connectivity index (χ3n) is 3.30. The molecule has 0 aliphatic heterocycles. The van der Waals surface area contributed by atoms with Crippen LogP contribution in [0.25, 0.3) is 15.0 Å². The van der Waals surface area contributed by atoms with Crippen LogP contribution in [0.5, 0.6) is 0 Å². The molecule has 0 fully saturated rings. The minimum atomic E-state index is -4.38. The molecule has 0 saturated heterocycles. The monoisotopic (exact) mass is 373 g/mol. The molecule has 0 amide bonds. The zero-order chi connectivity index (χ0) is 17.7. The number of hydrogen-bond acceptors (Lipinski definition) is 3. The molecule has 3 aromatic rings. The van der Waals surface area contributed by atoms with Crippen LogP contribution in [0.3, 0.4) is 0 Å². The molecule has 0 unspecified atom stereocenters. The summed E-state index contributed by atoms with van der Waals surface area (Å²) in [6.07, 6.45) is -1.43. The van der Waals surface area contributed by atoms with Crippen molar-refractivity contribution in [1.29, 1.82) is 0 Å². The van der Waals surface area contributed by atoms with Crippen LogP contribution < -0.4 is 0 Å². The topological polar surface area (TPSA) is 46.7 Å². The van der Waals surface area contributed by atoms with Gasteiger partial charge in [-0.3, -0.25) is 4.40 Å². The molecule has 2 heterocycles. The Kier molecular flexibility index (Phi) is 4.03. The minimum Gasteiger partial charge on any atom is -0.289 e. The van der Waals surface area contributed by atoms with Gasteiger partial charge in [0.15, 0.2) is 0 Å². The first-order valence-electron chi connectivity index (χ1n) is 7.00. The van der Waals surface area contributed by atoms with Gasteiger partial charge in [-0.15, -0.1) is 11.3 Å². The lowest BCUT2D eigenvalue weighted by molar-refractivity contribution is -0.137. The molecule has 0 saturated carbocycles. The van der Waals surface area contributed by atoms with E-state index in [1.807, 2.05) is 0 Å². The Hall–Kier alpha value is -1.74. The van der Waals surface area contributed by atoms with Gasteiger partial charge < -0.3 is 0 Å². The van der Waals surface area contributed by atoms with E-state index in [0.717, 1.165) is 12.1 Å². The maximum atomic E-state index is 12.8. The van der Waals surface area contributed by atoms with E-state index in [4.69, 9.17) is 0 Å². The van der Waals surface area contributed by atoms with Gasteiger partial charge in [-0.1, -0.05) is 0 Å². The molecular weight excluding hydrogens is 359 g/mol. The molecule has 0 aliphatic rings. The SMILES string of the molecule is CC(C)(C)[S@](=O)/N=C/c1ncn2c1sc1cc(C(F)(F)F)ccc12. The lowest BCUT2D eigenvalue weighted by Gasteiger charge is -2.12. The fourth-order valence-corrected chi connectivity index (χ4v) is 3.67. The Morgan fingerprint density at radius 3 is 2.62 bits per heavy atom. The third-order valence-corrected chi connectivity index (χ3v) is 5.79. The summed E-state index contributed by atoms with van der Waals surface area (Å²) in [6.45, 7) is 5.42.